The standard InChI is InChI=1S/C14H23N3O2S/c1-3-13(15)8-12-4-5-14(16-9-12)17-6-7-20(18,19)10-11(17)2/h4-5,9,11,13H,3,6-8,10,15H2,1-2H3. The van der Waals surface area contributed by atoms with Crippen LogP contribution in [-0.4, -0.2) is 43.5 Å². The molecule has 0 aromatic carbocycles. The van der Waals surface area contributed by atoms with Gasteiger partial charge in [-0.15, -0.1) is 0 Å². The third kappa shape index (κ3) is 3.70. The Hall–Kier alpha value is -1.14. The van der Waals surface area contributed by atoms with Crippen molar-refractivity contribution in [2.24, 2.45) is 5.73 Å². The van der Waals surface area contributed by atoms with Crippen LogP contribution in [0.5, 0.6) is 0 Å². The number of sulfone groups is 1. The van der Waals surface area contributed by atoms with E-state index in [0.717, 1.165) is 24.2 Å². The predicted octanol–water partition coefficient (Wildman–Crippen LogP) is 0.985. The van der Waals surface area contributed by atoms with Crippen molar-refractivity contribution in [2.75, 3.05) is 23.0 Å². The van der Waals surface area contributed by atoms with E-state index in [2.05, 4.69) is 16.8 Å². The quantitative estimate of drug-likeness (QED) is 0.896. The minimum atomic E-state index is -2.89. The van der Waals surface area contributed by atoms with Gasteiger partial charge in [-0.3, -0.25) is 0 Å². The van der Waals surface area contributed by atoms with Crippen molar-refractivity contribution in [1.29, 1.82) is 0 Å². The first-order valence-electron chi connectivity index (χ1n) is 7.09. The minimum Gasteiger partial charge on any atom is -0.352 e. The van der Waals surface area contributed by atoms with E-state index >= 15 is 0 Å². The second kappa shape index (κ2) is 6.10. The number of nitrogens with zero attached hydrogens (tertiary/aromatic N) is 2. The summed E-state index contributed by atoms with van der Waals surface area (Å²) >= 11 is 0. The molecule has 2 rings (SSSR count). The van der Waals surface area contributed by atoms with Crippen LogP contribution in [0, 0.1) is 0 Å². The van der Waals surface area contributed by atoms with Gasteiger partial charge >= 0.3 is 0 Å². The molecule has 2 N–H and O–H groups in total. The van der Waals surface area contributed by atoms with Crippen molar-refractivity contribution in [3.8, 4) is 0 Å². The Morgan fingerprint density at radius 1 is 1.50 bits per heavy atom. The summed E-state index contributed by atoms with van der Waals surface area (Å²) in [4.78, 5) is 6.52. The molecule has 0 bridgehead atoms. The van der Waals surface area contributed by atoms with E-state index in [1.807, 2.05) is 25.3 Å². The van der Waals surface area contributed by atoms with Crippen molar-refractivity contribution in [2.45, 2.75) is 38.8 Å². The van der Waals surface area contributed by atoms with Crippen molar-refractivity contribution in [3.05, 3.63) is 23.9 Å². The van der Waals surface area contributed by atoms with Crippen molar-refractivity contribution < 1.29 is 8.42 Å². The normalized spacial score (nSPS) is 23.6. The molecule has 2 heterocycles. The summed E-state index contributed by atoms with van der Waals surface area (Å²) in [7, 11) is -2.89. The van der Waals surface area contributed by atoms with Crippen LogP contribution >= 0.6 is 0 Å². The first-order valence-corrected chi connectivity index (χ1v) is 8.91. The first kappa shape index (κ1) is 15.3. The number of pyridine rings is 1. The predicted molar refractivity (Wildman–Crippen MR) is 81.7 cm³/mol. The van der Waals surface area contributed by atoms with E-state index in [4.69, 9.17) is 5.73 Å². The van der Waals surface area contributed by atoms with Gasteiger partial charge in [-0.05, 0) is 31.4 Å². The third-order valence-electron chi connectivity index (χ3n) is 3.80. The molecule has 0 spiro atoms. The largest absolute Gasteiger partial charge is 0.352 e. The molecule has 1 aromatic rings. The van der Waals surface area contributed by atoms with Crippen LogP contribution < -0.4 is 10.6 Å². The van der Waals surface area contributed by atoms with Crippen LogP contribution in [-0.2, 0) is 16.3 Å². The molecule has 0 aliphatic carbocycles. The van der Waals surface area contributed by atoms with Crippen LogP contribution in [0.25, 0.3) is 0 Å². The molecule has 1 aliphatic heterocycles. The Kier molecular flexibility index (Phi) is 4.65. The fourth-order valence-electron chi connectivity index (χ4n) is 2.49. The van der Waals surface area contributed by atoms with Crippen LogP contribution in [0.15, 0.2) is 18.3 Å². The number of anilines is 1. The number of aromatic nitrogens is 1. The van der Waals surface area contributed by atoms with Crippen molar-refractivity contribution >= 4 is 15.7 Å². The van der Waals surface area contributed by atoms with Crippen LogP contribution in [0.2, 0.25) is 0 Å². The van der Waals surface area contributed by atoms with E-state index in [0.29, 0.717) is 6.54 Å². The lowest BCUT2D eigenvalue weighted by atomic mass is 10.1. The molecule has 1 aromatic heterocycles. The number of hydrogen-bond donors (Lipinski definition) is 1. The molecule has 20 heavy (non-hydrogen) atoms. The summed E-state index contributed by atoms with van der Waals surface area (Å²) in [5, 5.41) is 0. The average Bonchev–Trinajstić information content (AvgIpc) is 2.39. The maximum atomic E-state index is 11.6. The fourth-order valence-corrected chi connectivity index (χ4v) is 4.05. The monoisotopic (exact) mass is 297 g/mol. The van der Waals surface area contributed by atoms with Gasteiger partial charge in [-0.25, -0.2) is 13.4 Å². The number of nitrogens with two attached hydrogens (primary N) is 1. The molecule has 112 valence electrons. The zero-order chi connectivity index (χ0) is 14.8. The molecular weight excluding hydrogens is 274 g/mol. The average molecular weight is 297 g/mol. The topological polar surface area (TPSA) is 76.3 Å². The lowest BCUT2D eigenvalue weighted by Gasteiger charge is -2.34. The van der Waals surface area contributed by atoms with Crippen molar-refractivity contribution in [3.63, 3.8) is 0 Å². The van der Waals surface area contributed by atoms with Crippen molar-refractivity contribution in [1.82, 2.24) is 4.98 Å². The van der Waals surface area contributed by atoms with E-state index in [1.54, 1.807) is 0 Å². The van der Waals surface area contributed by atoms with Gasteiger partial charge in [0, 0.05) is 24.8 Å². The Bertz CT molecular complexity index is 542. The van der Waals surface area contributed by atoms with Gasteiger partial charge in [-0.2, -0.15) is 0 Å². The Morgan fingerprint density at radius 3 is 2.80 bits per heavy atom. The molecule has 0 saturated carbocycles. The lowest BCUT2D eigenvalue weighted by Crippen LogP contribution is -2.47. The molecular formula is C14H23N3O2S. The van der Waals surface area contributed by atoms with Gasteiger partial charge < -0.3 is 10.6 Å². The Balaban J connectivity index is 2.07. The number of rotatable bonds is 4. The second-order valence-electron chi connectivity index (χ2n) is 5.55. The Labute approximate surface area is 121 Å². The van der Waals surface area contributed by atoms with Crippen LogP contribution in [0.1, 0.15) is 25.8 Å². The number of hydrogen-bond acceptors (Lipinski definition) is 5. The summed E-state index contributed by atoms with van der Waals surface area (Å²) in [5.41, 5.74) is 7.06. The molecule has 2 unspecified atom stereocenters. The highest BCUT2D eigenvalue weighted by Gasteiger charge is 2.28. The van der Waals surface area contributed by atoms with Gasteiger partial charge in [0.2, 0.25) is 0 Å². The van der Waals surface area contributed by atoms with Crippen LogP contribution in [0.3, 0.4) is 0 Å². The highest BCUT2D eigenvalue weighted by molar-refractivity contribution is 7.91. The third-order valence-corrected chi connectivity index (χ3v) is 5.59. The first-order chi connectivity index (χ1) is 9.41. The molecule has 2 atom stereocenters. The maximum Gasteiger partial charge on any atom is 0.154 e. The highest BCUT2D eigenvalue weighted by Crippen LogP contribution is 2.20. The zero-order valence-electron chi connectivity index (χ0n) is 12.1. The molecule has 1 saturated heterocycles. The van der Waals surface area contributed by atoms with Gasteiger partial charge in [0.05, 0.1) is 11.5 Å². The summed E-state index contributed by atoms with van der Waals surface area (Å²) in [6, 6.07) is 4.14. The maximum absolute atomic E-state index is 11.6. The zero-order valence-corrected chi connectivity index (χ0v) is 12.9. The second-order valence-corrected chi connectivity index (χ2v) is 7.78. The Morgan fingerprint density at radius 2 is 2.25 bits per heavy atom. The summed E-state index contributed by atoms with van der Waals surface area (Å²) in [5.74, 6) is 1.26. The summed E-state index contributed by atoms with van der Waals surface area (Å²) in [6.07, 6.45) is 3.62. The molecule has 0 radical (unpaired) electrons. The highest BCUT2D eigenvalue weighted by atomic mass is 32.2. The minimum absolute atomic E-state index is 0.0231. The fraction of sp³-hybridized carbons (Fsp3) is 0.643. The van der Waals surface area contributed by atoms with Gasteiger partial charge in [0.25, 0.3) is 0 Å². The SMILES string of the molecule is CCC(N)Cc1ccc(N2CCS(=O)(=O)CC2C)nc1. The molecule has 0 amide bonds. The van der Waals surface area contributed by atoms with Gasteiger partial charge in [0.1, 0.15) is 5.82 Å². The molecule has 5 nitrogen and oxygen atoms in total. The molecule has 1 aliphatic rings. The summed E-state index contributed by atoms with van der Waals surface area (Å²) < 4.78 is 23.2. The molecule has 6 heteroatoms. The van der Waals surface area contributed by atoms with Crippen LogP contribution in [0.4, 0.5) is 5.82 Å². The van der Waals surface area contributed by atoms with E-state index < -0.39 is 9.84 Å². The van der Waals surface area contributed by atoms with E-state index in [-0.39, 0.29) is 23.6 Å². The van der Waals surface area contributed by atoms with Gasteiger partial charge in [0.15, 0.2) is 9.84 Å². The van der Waals surface area contributed by atoms with Gasteiger partial charge in [-0.1, -0.05) is 13.0 Å². The lowest BCUT2D eigenvalue weighted by molar-refractivity contribution is 0.566. The summed E-state index contributed by atoms with van der Waals surface area (Å²) in [6.45, 7) is 4.52. The smallest absolute Gasteiger partial charge is 0.154 e. The molecule has 1 fully saturated rings. The van der Waals surface area contributed by atoms with E-state index in [9.17, 15) is 8.42 Å². The van der Waals surface area contributed by atoms with E-state index in [1.165, 1.54) is 0 Å².